The molecule has 17 heavy (non-hydrogen) atoms. The number of hydrogen-bond acceptors (Lipinski definition) is 3. The first-order valence-electron chi connectivity index (χ1n) is 5.76. The van der Waals surface area contributed by atoms with Gasteiger partial charge in [-0.05, 0) is 12.1 Å². The maximum absolute atomic E-state index is 5.92. The van der Waals surface area contributed by atoms with Gasteiger partial charge >= 0.3 is 0 Å². The zero-order valence-electron chi connectivity index (χ0n) is 10.1. The molecule has 2 unspecified atom stereocenters. The lowest BCUT2D eigenvalue weighted by atomic mass is 10.0. The van der Waals surface area contributed by atoms with Crippen molar-refractivity contribution in [3.05, 3.63) is 29.8 Å². The Morgan fingerprint density at radius 1 is 1.53 bits per heavy atom. The Kier molecular flexibility index (Phi) is 3.92. The second kappa shape index (κ2) is 5.25. The van der Waals surface area contributed by atoms with Crippen molar-refractivity contribution in [3.63, 3.8) is 0 Å². The maximum atomic E-state index is 5.92. The van der Waals surface area contributed by atoms with Crippen molar-refractivity contribution in [2.75, 3.05) is 19.6 Å². The molecule has 0 N–H and O–H groups in total. The minimum absolute atomic E-state index is 0.0391. The lowest BCUT2D eigenvalue weighted by molar-refractivity contribution is -0.176. The molecular weight excluding hydrogens is 240 g/mol. The molecule has 2 rings (SSSR count). The summed E-state index contributed by atoms with van der Waals surface area (Å²) < 4.78 is 17.0. The molecule has 94 valence electrons. The van der Waals surface area contributed by atoms with Gasteiger partial charge in [0.15, 0.2) is 5.79 Å². The standard InChI is InChI=1S/C13H17ClO3/c1-3-13(16-9-12(8-14)17-13)10-5-4-6-11(7-10)15-2/h4-7,12H,3,8-9H2,1-2H3. The summed E-state index contributed by atoms with van der Waals surface area (Å²) in [5.41, 5.74) is 0.979. The largest absolute Gasteiger partial charge is 0.497 e. The van der Waals surface area contributed by atoms with Crippen molar-refractivity contribution < 1.29 is 14.2 Å². The molecule has 1 aromatic rings. The van der Waals surface area contributed by atoms with Crippen LogP contribution in [0.1, 0.15) is 18.9 Å². The summed E-state index contributed by atoms with van der Waals surface area (Å²) in [7, 11) is 1.65. The number of rotatable bonds is 4. The summed E-state index contributed by atoms with van der Waals surface area (Å²) in [6, 6.07) is 7.77. The van der Waals surface area contributed by atoms with Crippen molar-refractivity contribution in [2.45, 2.75) is 25.2 Å². The van der Waals surface area contributed by atoms with E-state index in [2.05, 4.69) is 0 Å². The van der Waals surface area contributed by atoms with Crippen LogP contribution in [-0.4, -0.2) is 25.7 Å². The summed E-state index contributed by atoms with van der Waals surface area (Å²) in [5.74, 6) is 0.580. The third-order valence-electron chi connectivity index (χ3n) is 3.01. The number of ether oxygens (including phenoxy) is 3. The Morgan fingerprint density at radius 2 is 2.35 bits per heavy atom. The van der Waals surface area contributed by atoms with E-state index in [0.717, 1.165) is 17.7 Å². The smallest absolute Gasteiger partial charge is 0.195 e. The predicted octanol–water partition coefficient (Wildman–Crippen LogP) is 2.91. The molecule has 0 aliphatic carbocycles. The van der Waals surface area contributed by atoms with Crippen LogP contribution < -0.4 is 4.74 Å². The lowest BCUT2D eigenvalue weighted by Gasteiger charge is -2.27. The van der Waals surface area contributed by atoms with Crippen molar-refractivity contribution >= 4 is 11.6 Å². The summed E-state index contributed by atoms with van der Waals surface area (Å²) in [6.07, 6.45) is 0.705. The van der Waals surface area contributed by atoms with Gasteiger partial charge in [0.05, 0.1) is 25.7 Å². The van der Waals surface area contributed by atoms with Crippen molar-refractivity contribution in [2.24, 2.45) is 0 Å². The Labute approximate surface area is 107 Å². The van der Waals surface area contributed by atoms with E-state index >= 15 is 0 Å². The van der Waals surface area contributed by atoms with Gasteiger partial charge in [-0.2, -0.15) is 0 Å². The molecule has 1 aliphatic heterocycles. The molecule has 1 aliphatic rings. The van der Waals surface area contributed by atoms with E-state index in [1.807, 2.05) is 31.2 Å². The summed E-state index contributed by atoms with van der Waals surface area (Å²) in [4.78, 5) is 0. The number of benzene rings is 1. The van der Waals surface area contributed by atoms with Crippen molar-refractivity contribution in [3.8, 4) is 5.75 Å². The van der Waals surface area contributed by atoms with Gasteiger partial charge in [0.1, 0.15) is 5.75 Å². The fraction of sp³-hybridized carbons (Fsp3) is 0.538. The van der Waals surface area contributed by atoms with Crippen LogP contribution in [0.25, 0.3) is 0 Å². The minimum Gasteiger partial charge on any atom is -0.497 e. The van der Waals surface area contributed by atoms with E-state index in [4.69, 9.17) is 25.8 Å². The molecule has 1 saturated heterocycles. The molecule has 0 spiro atoms. The van der Waals surface area contributed by atoms with Crippen LogP contribution in [0.2, 0.25) is 0 Å². The molecule has 3 nitrogen and oxygen atoms in total. The van der Waals surface area contributed by atoms with Gasteiger partial charge in [-0.25, -0.2) is 0 Å². The summed E-state index contributed by atoms with van der Waals surface area (Å²) >= 11 is 5.81. The molecule has 1 aromatic carbocycles. The molecule has 2 atom stereocenters. The van der Waals surface area contributed by atoms with E-state index in [9.17, 15) is 0 Å². The van der Waals surface area contributed by atoms with E-state index in [0.29, 0.717) is 12.5 Å². The van der Waals surface area contributed by atoms with E-state index in [-0.39, 0.29) is 6.10 Å². The highest BCUT2D eigenvalue weighted by molar-refractivity contribution is 6.18. The Hall–Kier alpha value is -0.770. The van der Waals surface area contributed by atoms with Gasteiger partial charge in [-0.3, -0.25) is 0 Å². The third-order valence-corrected chi connectivity index (χ3v) is 3.35. The minimum atomic E-state index is -0.673. The Balaban J connectivity index is 2.28. The van der Waals surface area contributed by atoms with Gasteiger partial charge in [-0.15, -0.1) is 11.6 Å². The van der Waals surface area contributed by atoms with E-state index in [1.54, 1.807) is 7.11 Å². The fourth-order valence-corrected chi connectivity index (χ4v) is 2.19. The predicted molar refractivity (Wildman–Crippen MR) is 66.5 cm³/mol. The second-order valence-electron chi connectivity index (χ2n) is 4.04. The molecule has 0 saturated carbocycles. The molecule has 1 fully saturated rings. The normalized spacial score (nSPS) is 28.3. The summed E-state index contributed by atoms with van der Waals surface area (Å²) in [6.45, 7) is 2.57. The summed E-state index contributed by atoms with van der Waals surface area (Å²) in [5, 5.41) is 0. The van der Waals surface area contributed by atoms with E-state index in [1.165, 1.54) is 0 Å². The third kappa shape index (κ3) is 2.41. The molecule has 0 aromatic heterocycles. The van der Waals surface area contributed by atoms with E-state index < -0.39 is 5.79 Å². The highest BCUT2D eigenvalue weighted by Gasteiger charge is 2.41. The molecule has 4 heteroatoms. The van der Waals surface area contributed by atoms with Crippen molar-refractivity contribution in [1.29, 1.82) is 0 Å². The maximum Gasteiger partial charge on any atom is 0.195 e. The highest BCUT2D eigenvalue weighted by atomic mass is 35.5. The first-order chi connectivity index (χ1) is 8.24. The molecular formula is C13H17ClO3. The zero-order valence-corrected chi connectivity index (χ0v) is 10.9. The van der Waals surface area contributed by atoms with Crippen LogP contribution >= 0.6 is 11.6 Å². The van der Waals surface area contributed by atoms with Crippen LogP contribution in [0.15, 0.2) is 24.3 Å². The van der Waals surface area contributed by atoms with Gasteiger partial charge in [0.25, 0.3) is 0 Å². The number of methoxy groups -OCH3 is 1. The lowest BCUT2D eigenvalue weighted by Crippen LogP contribution is -2.27. The number of halogens is 1. The number of alkyl halides is 1. The van der Waals surface area contributed by atoms with Crippen LogP contribution in [0.3, 0.4) is 0 Å². The topological polar surface area (TPSA) is 27.7 Å². The molecule has 0 amide bonds. The quantitative estimate of drug-likeness (QED) is 0.776. The van der Waals surface area contributed by atoms with Gasteiger partial charge < -0.3 is 14.2 Å². The molecule has 1 heterocycles. The number of hydrogen-bond donors (Lipinski definition) is 0. The highest BCUT2D eigenvalue weighted by Crippen LogP contribution is 2.38. The van der Waals surface area contributed by atoms with Gasteiger partial charge in [0.2, 0.25) is 0 Å². The average molecular weight is 257 g/mol. The van der Waals surface area contributed by atoms with Crippen LogP contribution in [-0.2, 0) is 15.3 Å². The molecule has 0 radical (unpaired) electrons. The molecule has 0 bridgehead atoms. The van der Waals surface area contributed by atoms with Crippen LogP contribution in [0.5, 0.6) is 5.75 Å². The second-order valence-corrected chi connectivity index (χ2v) is 4.35. The van der Waals surface area contributed by atoms with Gasteiger partial charge in [0, 0.05) is 12.0 Å². The Bertz CT molecular complexity index is 383. The van der Waals surface area contributed by atoms with Crippen LogP contribution in [0.4, 0.5) is 0 Å². The van der Waals surface area contributed by atoms with Gasteiger partial charge in [-0.1, -0.05) is 19.1 Å². The average Bonchev–Trinajstić information content (AvgIpc) is 2.84. The van der Waals surface area contributed by atoms with Crippen LogP contribution in [0, 0.1) is 0 Å². The first-order valence-corrected chi connectivity index (χ1v) is 6.30. The zero-order chi connectivity index (χ0) is 12.3. The first kappa shape index (κ1) is 12.7. The monoisotopic (exact) mass is 256 g/mol. The SMILES string of the molecule is CCC1(c2cccc(OC)c2)OCC(CCl)O1. The van der Waals surface area contributed by atoms with Crippen molar-refractivity contribution in [1.82, 2.24) is 0 Å². The fourth-order valence-electron chi connectivity index (χ4n) is 2.04. The Morgan fingerprint density at radius 3 is 2.94 bits per heavy atom.